The van der Waals surface area contributed by atoms with E-state index in [0.717, 1.165) is 5.56 Å². The zero-order chi connectivity index (χ0) is 28.9. The third kappa shape index (κ3) is 6.56. The number of ether oxygens (including phenoxy) is 4. The average Bonchev–Trinajstić information content (AvgIpc) is 3.12. The van der Waals surface area contributed by atoms with Gasteiger partial charge in [0.2, 0.25) is 0 Å². The van der Waals surface area contributed by atoms with Crippen molar-refractivity contribution >= 4 is 17.4 Å². The number of hydrogen-bond acceptors (Lipinski definition) is 7. The van der Waals surface area contributed by atoms with Gasteiger partial charge >= 0.3 is 0 Å². The lowest BCUT2D eigenvalue weighted by Gasteiger charge is -2.26. The molecular weight excluding hydrogens is 498 g/mol. The molecule has 1 aliphatic heterocycles. The fraction of sp³-hybridized carbons (Fsp3) is 0.484. The second-order valence-electron chi connectivity index (χ2n) is 10.7. The maximum Gasteiger partial charge on any atom is 0.295 e. The number of methoxy groups -OCH3 is 1. The molecule has 212 valence electrons. The molecule has 8 nitrogen and oxygen atoms in total. The van der Waals surface area contributed by atoms with Gasteiger partial charge in [-0.2, -0.15) is 0 Å². The van der Waals surface area contributed by atoms with Crippen molar-refractivity contribution in [1.29, 1.82) is 0 Å². The molecule has 2 aromatic rings. The van der Waals surface area contributed by atoms with Gasteiger partial charge in [0, 0.05) is 24.8 Å². The number of amides is 1. The van der Waals surface area contributed by atoms with Crippen LogP contribution in [0, 0.1) is 0 Å². The molecule has 1 fully saturated rings. The summed E-state index contributed by atoms with van der Waals surface area (Å²) in [6.07, 6.45) is -0.0703. The maximum atomic E-state index is 13.4. The van der Waals surface area contributed by atoms with Gasteiger partial charge < -0.3 is 29.0 Å². The number of aliphatic hydroxyl groups excluding tert-OH is 1. The standard InChI is InChI=1S/C31H41NO7/c1-9-37-23-13-12-21(17-22(23)31(5,6)7)28(33)26-27(32(15-16-36-8)30(35)29(26)34)20-11-14-24(39-19(3)4)25(18-20)38-10-2/h11-14,17-19,27,33H,9-10,15-16H2,1-8H3/b28-26+. The summed E-state index contributed by atoms with van der Waals surface area (Å²) in [6, 6.07) is 9.82. The van der Waals surface area contributed by atoms with Crippen molar-refractivity contribution < 1.29 is 33.6 Å². The molecule has 0 aromatic heterocycles. The fourth-order valence-electron chi connectivity index (χ4n) is 4.66. The van der Waals surface area contributed by atoms with Gasteiger partial charge in [0.1, 0.15) is 11.5 Å². The molecule has 1 N–H and O–H groups in total. The van der Waals surface area contributed by atoms with Crippen LogP contribution in [-0.4, -0.2) is 61.3 Å². The number of benzene rings is 2. The normalized spacial score (nSPS) is 17.2. The summed E-state index contributed by atoms with van der Waals surface area (Å²) in [5, 5.41) is 11.6. The Bertz CT molecular complexity index is 1230. The Hall–Kier alpha value is -3.52. The maximum absolute atomic E-state index is 13.4. The van der Waals surface area contributed by atoms with E-state index in [0.29, 0.717) is 41.6 Å². The molecule has 2 aromatic carbocycles. The number of carbonyl (C=O) groups is 2. The van der Waals surface area contributed by atoms with E-state index < -0.39 is 17.7 Å². The highest BCUT2D eigenvalue weighted by Gasteiger charge is 2.46. The van der Waals surface area contributed by atoms with Crippen molar-refractivity contribution in [2.75, 3.05) is 33.5 Å². The highest BCUT2D eigenvalue weighted by atomic mass is 16.5. The van der Waals surface area contributed by atoms with Gasteiger partial charge in [0.15, 0.2) is 11.5 Å². The molecule has 0 saturated carbocycles. The molecule has 1 unspecified atom stereocenters. The summed E-state index contributed by atoms with van der Waals surface area (Å²) in [7, 11) is 1.53. The number of nitrogens with zero attached hydrogens (tertiary/aromatic N) is 1. The molecule has 8 heteroatoms. The second-order valence-corrected chi connectivity index (χ2v) is 10.7. The van der Waals surface area contributed by atoms with E-state index in [2.05, 4.69) is 20.8 Å². The van der Waals surface area contributed by atoms with E-state index in [-0.39, 0.29) is 36.0 Å². The van der Waals surface area contributed by atoms with Crippen molar-refractivity contribution in [2.24, 2.45) is 0 Å². The van der Waals surface area contributed by atoms with Crippen LogP contribution in [0.4, 0.5) is 0 Å². The van der Waals surface area contributed by atoms with Crippen molar-refractivity contribution in [1.82, 2.24) is 4.90 Å². The first kappa shape index (κ1) is 30.0. The summed E-state index contributed by atoms with van der Waals surface area (Å²) in [5.41, 5.74) is 1.66. The zero-order valence-corrected chi connectivity index (χ0v) is 24.3. The molecule has 1 saturated heterocycles. The Morgan fingerprint density at radius 2 is 1.62 bits per heavy atom. The Kier molecular flexibility index (Phi) is 9.67. The topological polar surface area (TPSA) is 94.5 Å². The van der Waals surface area contributed by atoms with Crippen molar-refractivity contribution in [3.8, 4) is 17.2 Å². The van der Waals surface area contributed by atoms with Gasteiger partial charge in [-0.3, -0.25) is 9.59 Å². The molecule has 1 amide bonds. The minimum absolute atomic E-state index is 0.0140. The predicted octanol–water partition coefficient (Wildman–Crippen LogP) is 5.64. The average molecular weight is 540 g/mol. The first-order valence-electron chi connectivity index (χ1n) is 13.4. The van der Waals surface area contributed by atoms with Gasteiger partial charge in [0.25, 0.3) is 11.7 Å². The Labute approximate surface area is 231 Å². The molecule has 0 radical (unpaired) electrons. The lowest BCUT2D eigenvalue weighted by atomic mass is 9.84. The van der Waals surface area contributed by atoms with Gasteiger partial charge in [-0.15, -0.1) is 0 Å². The van der Waals surface area contributed by atoms with E-state index in [4.69, 9.17) is 18.9 Å². The monoisotopic (exact) mass is 539 g/mol. The zero-order valence-electron chi connectivity index (χ0n) is 24.3. The Morgan fingerprint density at radius 3 is 2.21 bits per heavy atom. The summed E-state index contributed by atoms with van der Waals surface area (Å²) < 4.78 is 22.8. The number of Topliss-reactive ketones (excluding diaryl/α,β-unsaturated/α-hetero) is 1. The summed E-state index contributed by atoms with van der Waals surface area (Å²) >= 11 is 0. The second kappa shape index (κ2) is 12.6. The predicted molar refractivity (Wildman–Crippen MR) is 151 cm³/mol. The number of likely N-dealkylation sites (tertiary alicyclic amines) is 1. The minimum atomic E-state index is -0.836. The number of carbonyl (C=O) groups excluding carboxylic acids is 2. The van der Waals surface area contributed by atoms with E-state index in [1.165, 1.54) is 12.0 Å². The summed E-state index contributed by atoms with van der Waals surface area (Å²) in [6.45, 7) is 15.1. The first-order chi connectivity index (χ1) is 18.4. The number of ketones is 1. The quantitative estimate of drug-likeness (QED) is 0.224. The Balaban J connectivity index is 2.23. The van der Waals surface area contributed by atoms with Crippen LogP contribution >= 0.6 is 0 Å². The highest BCUT2D eigenvalue weighted by Crippen LogP contribution is 2.43. The van der Waals surface area contributed by atoms with Gasteiger partial charge in [-0.1, -0.05) is 26.8 Å². The van der Waals surface area contributed by atoms with Gasteiger partial charge in [-0.25, -0.2) is 0 Å². The van der Waals surface area contributed by atoms with Crippen molar-refractivity contribution in [3.05, 3.63) is 58.7 Å². The summed E-state index contributed by atoms with van der Waals surface area (Å²) in [5.74, 6) is 0.0808. The van der Waals surface area contributed by atoms with Gasteiger partial charge in [-0.05, 0) is 69.0 Å². The molecule has 1 aliphatic rings. The van der Waals surface area contributed by atoms with Crippen molar-refractivity contribution in [2.45, 2.75) is 66.0 Å². The molecule has 1 heterocycles. The van der Waals surface area contributed by atoms with E-state index in [1.807, 2.05) is 33.8 Å². The largest absolute Gasteiger partial charge is 0.507 e. The number of hydrogen-bond donors (Lipinski definition) is 1. The molecular formula is C31H41NO7. The lowest BCUT2D eigenvalue weighted by Crippen LogP contribution is -2.32. The molecule has 0 spiro atoms. The SMILES string of the molecule is CCOc1cc(C2/C(=C(\O)c3ccc(OCC)c(C(C)(C)C)c3)C(=O)C(=O)N2CCOC)ccc1OC(C)C. The van der Waals surface area contributed by atoms with Crippen LogP contribution < -0.4 is 14.2 Å². The lowest BCUT2D eigenvalue weighted by molar-refractivity contribution is -0.140. The molecule has 0 bridgehead atoms. The van der Waals surface area contributed by atoms with Crippen LogP contribution in [0.2, 0.25) is 0 Å². The van der Waals surface area contributed by atoms with E-state index >= 15 is 0 Å². The Morgan fingerprint density at radius 1 is 0.974 bits per heavy atom. The first-order valence-corrected chi connectivity index (χ1v) is 13.4. The van der Waals surface area contributed by atoms with Crippen LogP contribution in [0.5, 0.6) is 17.2 Å². The van der Waals surface area contributed by atoms with Crippen LogP contribution in [-0.2, 0) is 19.7 Å². The number of aliphatic hydroxyl groups is 1. The third-order valence-corrected chi connectivity index (χ3v) is 6.38. The number of rotatable bonds is 11. The smallest absolute Gasteiger partial charge is 0.295 e. The van der Waals surface area contributed by atoms with Gasteiger partial charge in [0.05, 0.1) is 37.5 Å². The van der Waals surface area contributed by atoms with Crippen LogP contribution in [0.3, 0.4) is 0 Å². The van der Waals surface area contributed by atoms with E-state index in [1.54, 1.807) is 30.3 Å². The molecule has 39 heavy (non-hydrogen) atoms. The third-order valence-electron chi connectivity index (χ3n) is 6.38. The molecule has 1 atom stereocenters. The van der Waals surface area contributed by atoms with E-state index in [9.17, 15) is 14.7 Å². The van der Waals surface area contributed by atoms with Crippen LogP contribution in [0.15, 0.2) is 42.0 Å². The van der Waals surface area contributed by atoms with Crippen LogP contribution in [0.25, 0.3) is 5.76 Å². The van der Waals surface area contributed by atoms with Crippen molar-refractivity contribution in [3.63, 3.8) is 0 Å². The highest BCUT2D eigenvalue weighted by molar-refractivity contribution is 6.46. The van der Waals surface area contributed by atoms with Crippen LogP contribution in [0.1, 0.15) is 71.2 Å². The fourth-order valence-corrected chi connectivity index (χ4v) is 4.66. The molecule has 0 aliphatic carbocycles. The summed E-state index contributed by atoms with van der Waals surface area (Å²) in [4.78, 5) is 28.1. The minimum Gasteiger partial charge on any atom is -0.507 e. The molecule has 3 rings (SSSR count).